The highest BCUT2D eigenvalue weighted by molar-refractivity contribution is 5.78. The predicted octanol–water partition coefficient (Wildman–Crippen LogP) is 3.92. The fourth-order valence-electron chi connectivity index (χ4n) is 3.54. The summed E-state index contributed by atoms with van der Waals surface area (Å²) in [5.41, 5.74) is 1.81. The van der Waals surface area contributed by atoms with Gasteiger partial charge in [-0.25, -0.2) is 19.3 Å². The summed E-state index contributed by atoms with van der Waals surface area (Å²) in [5.74, 6) is 1.73. The predicted molar refractivity (Wildman–Crippen MR) is 100 cm³/mol. The van der Waals surface area contributed by atoms with Gasteiger partial charge in [0.05, 0.1) is 0 Å². The van der Waals surface area contributed by atoms with Crippen molar-refractivity contribution in [2.75, 3.05) is 18.0 Å². The number of nitrogens with zero attached hydrogens (tertiary/aromatic N) is 5. The standard InChI is InChI=1S/C20H22FN5/c1-14-6-5-10-26(13-14)20-23-12-16(15-7-3-4-8-17(15)21)18(24-20)19-22-9-11-25(19)2/h3-4,7-9,11-12,14H,5-6,10,13H2,1-2H3/t14-/m1/s1. The van der Waals surface area contributed by atoms with Gasteiger partial charge in [0.2, 0.25) is 5.95 Å². The number of imidazole rings is 1. The van der Waals surface area contributed by atoms with Gasteiger partial charge in [-0.3, -0.25) is 0 Å². The van der Waals surface area contributed by atoms with Crippen molar-refractivity contribution in [2.24, 2.45) is 13.0 Å². The quantitative estimate of drug-likeness (QED) is 0.717. The van der Waals surface area contributed by atoms with Gasteiger partial charge in [0.25, 0.3) is 0 Å². The van der Waals surface area contributed by atoms with Crippen molar-refractivity contribution in [1.82, 2.24) is 19.5 Å². The molecule has 0 N–H and O–H groups in total. The molecule has 4 rings (SSSR count). The zero-order chi connectivity index (χ0) is 18.1. The van der Waals surface area contributed by atoms with Gasteiger partial charge >= 0.3 is 0 Å². The summed E-state index contributed by atoms with van der Waals surface area (Å²) in [6.45, 7) is 4.14. The molecule has 26 heavy (non-hydrogen) atoms. The van der Waals surface area contributed by atoms with Crippen LogP contribution in [0.25, 0.3) is 22.6 Å². The Kier molecular flexibility index (Phi) is 4.41. The Bertz CT molecular complexity index is 920. The van der Waals surface area contributed by atoms with E-state index in [9.17, 15) is 4.39 Å². The van der Waals surface area contributed by atoms with E-state index in [0.29, 0.717) is 34.5 Å². The molecule has 0 radical (unpaired) electrons. The normalized spacial score (nSPS) is 17.5. The van der Waals surface area contributed by atoms with Gasteiger partial charge in [-0.2, -0.15) is 0 Å². The molecule has 1 aliphatic heterocycles. The molecule has 1 aromatic carbocycles. The van der Waals surface area contributed by atoms with E-state index in [1.165, 1.54) is 12.5 Å². The van der Waals surface area contributed by atoms with Crippen LogP contribution in [0.2, 0.25) is 0 Å². The van der Waals surface area contributed by atoms with Crippen molar-refractivity contribution in [2.45, 2.75) is 19.8 Å². The monoisotopic (exact) mass is 351 g/mol. The van der Waals surface area contributed by atoms with E-state index in [2.05, 4.69) is 21.8 Å². The molecule has 3 aromatic rings. The molecule has 3 heterocycles. The van der Waals surface area contributed by atoms with E-state index in [1.807, 2.05) is 23.9 Å². The van der Waals surface area contributed by atoms with Gasteiger partial charge < -0.3 is 9.47 Å². The molecule has 5 nitrogen and oxygen atoms in total. The number of benzene rings is 1. The van der Waals surface area contributed by atoms with Crippen LogP contribution in [0.15, 0.2) is 42.9 Å². The lowest BCUT2D eigenvalue weighted by Gasteiger charge is -2.31. The zero-order valence-corrected chi connectivity index (χ0v) is 15.1. The molecule has 1 saturated heterocycles. The van der Waals surface area contributed by atoms with Crippen molar-refractivity contribution in [1.29, 1.82) is 0 Å². The molecule has 134 valence electrons. The minimum absolute atomic E-state index is 0.286. The minimum Gasteiger partial charge on any atom is -0.341 e. The van der Waals surface area contributed by atoms with Crippen LogP contribution >= 0.6 is 0 Å². The molecule has 0 amide bonds. The lowest BCUT2D eigenvalue weighted by atomic mass is 10.0. The average molecular weight is 351 g/mol. The maximum Gasteiger partial charge on any atom is 0.226 e. The fraction of sp³-hybridized carbons (Fsp3) is 0.350. The Morgan fingerprint density at radius 3 is 2.73 bits per heavy atom. The van der Waals surface area contributed by atoms with Crippen LogP contribution in [-0.4, -0.2) is 32.6 Å². The van der Waals surface area contributed by atoms with E-state index in [-0.39, 0.29) is 5.82 Å². The Hall–Kier alpha value is -2.76. The second-order valence-corrected chi connectivity index (χ2v) is 6.97. The first kappa shape index (κ1) is 16.7. The highest BCUT2D eigenvalue weighted by Gasteiger charge is 2.22. The number of anilines is 1. The topological polar surface area (TPSA) is 46.8 Å². The largest absolute Gasteiger partial charge is 0.341 e. The molecule has 1 atom stereocenters. The first-order valence-electron chi connectivity index (χ1n) is 8.98. The average Bonchev–Trinajstić information content (AvgIpc) is 3.08. The summed E-state index contributed by atoms with van der Waals surface area (Å²) in [7, 11) is 1.91. The first-order chi connectivity index (χ1) is 12.6. The minimum atomic E-state index is -0.286. The zero-order valence-electron chi connectivity index (χ0n) is 15.1. The molecule has 0 spiro atoms. The summed E-state index contributed by atoms with van der Waals surface area (Å²) in [6, 6.07) is 6.71. The highest BCUT2D eigenvalue weighted by Crippen LogP contribution is 2.32. The molecule has 0 bridgehead atoms. The first-order valence-corrected chi connectivity index (χ1v) is 8.98. The van der Waals surface area contributed by atoms with E-state index >= 15 is 0 Å². The van der Waals surface area contributed by atoms with Gasteiger partial charge in [-0.1, -0.05) is 25.1 Å². The maximum atomic E-state index is 14.4. The summed E-state index contributed by atoms with van der Waals surface area (Å²) in [4.78, 5) is 16.0. The van der Waals surface area contributed by atoms with Gasteiger partial charge in [0.15, 0.2) is 5.82 Å². The highest BCUT2D eigenvalue weighted by atomic mass is 19.1. The molecule has 0 saturated carbocycles. The van der Waals surface area contributed by atoms with Crippen LogP contribution in [0.3, 0.4) is 0 Å². The van der Waals surface area contributed by atoms with Crippen LogP contribution in [0, 0.1) is 11.7 Å². The van der Waals surface area contributed by atoms with Crippen molar-refractivity contribution in [3.8, 4) is 22.6 Å². The summed E-state index contributed by atoms with van der Waals surface area (Å²) in [6.07, 6.45) is 7.69. The van der Waals surface area contributed by atoms with Crippen LogP contribution < -0.4 is 4.90 Å². The van der Waals surface area contributed by atoms with Gasteiger partial charge in [0, 0.05) is 49.9 Å². The number of piperidine rings is 1. The van der Waals surface area contributed by atoms with Gasteiger partial charge in [-0.05, 0) is 24.8 Å². The SMILES string of the molecule is C[C@@H]1CCCN(c2ncc(-c3ccccc3F)c(-c3nccn3C)n2)C1. The fourth-order valence-corrected chi connectivity index (χ4v) is 3.54. The molecule has 1 fully saturated rings. The molecule has 0 aliphatic carbocycles. The number of hydrogen-bond donors (Lipinski definition) is 0. The summed E-state index contributed by atoms with van der Waals surface area (Å²) in [5, 5.41) is 0. The van der Waals surface area contributed by atoms with Crippen molar-refractivity contribution in [3.63, 3.8) is 0 Å². The van der Waals surface area contributed by atoms with Crippen molar-refractivity contribution >= 4 is 5.95 Å². The second-order valence-electron chi connectivity index (χ2n) is 6.97. The lowest BCUT2D eigenvalue weighted by Crippen LogP contribution is -2.35. The number of rotatable bonds is 3. The number of aryl methyl sites for hydroxylation is 1. The van der Waals surface area contributed by atoms with E-state index in [1.54, 1.807) is 24.5 Å². The molecular weight excluding hydrogens is 329 g/mol. The second kappa shape index (κ2) is 6.86. The van der Waals surface area contributed by atoms with Crippen LogP contribution in [-0.2, 0) is 7.05 Å². The van der Waals surface area contributed by atoms with Crippen molar-refractivity contribution < 1.29 is 4.39 Å². The van der Waals surface area contributed by atoms with Gasteiger partial charge in [0.1, 0.15) is 11.5 Å². The Morgan fingerprint density at radius 2 is 2.00 bits per heavy atom. The van der Waals surface area contributed by atoms with Crippen LogP contribution in [0.4, 0.5) is 10.3 Å². The maximum absolute atomic E-state index is 14.4. The number of hydrogen-bond acceptors (Lipinski definition) is 4. The van der Waals surface area contributed by atoms with Crippen molar-refractivity contribution in [3.05, 3.63) is 48.7 Å². The third-order valence-corrected chi connectivity index (χ3v) is 4.91. The van der Waals surface area contributed by atoms with Crippen LogP contribution in [0.5, 0.6) is 0 Å². The summed E-state index contributed by atoms with van der Waals surface area (Å²) < 4.78 is 16.3. The van der Waals surface area contributed by atoms with E-state index < -0.39 is 0 Å². The Labute approximate surface area is 152 Å². The Morgan fingerprint density at radius 1 is 1.15 bits per heavy atom. The summed E-state index contributed by atoms with van der Waals surface area (Å²) >= 11 is 0. The third kappa shape index (κ3) is 3.07. The molecule has 0 unspecified atom stereocenters. The van der Waals surface area contributed by atoms with Crippen LogP contribution in [0.1, 0.15) is 19.8 Å². The number of halogens is 1. The van der Waals surface area contributed by atoms with Gasteiger partial charge in [-0.15, -0.1) is 0 Å². The molecular formula is C20H22FN5. The third-order valence-electron chi connectivity index (χ3n) is 4.91. The molecule has 1 aliphatic rings. The molecule has 2 aromatic heterocycles. The molecule has 6 heteroatoms. The Balaban J connectivity index is 1.85. The lowest BCUT2D eigenvalue weighted by molar-refractivity contribution is 0.442. The van der Waals surface area contributed by atoms with E-state index in [0.717, 1.165) is 19.5 Å². The smallest absolute Gasteiger partial charge is 0.226 e. The van der Waals surface area contributed by atoms with E-state index in [4.69, 9.17) is 4.98 Å². The number of aromatic nitrogens is 4.